The van der Waals surface area contributed by atoms with Crippen molar-refractivity contribution >= 4 is 11.3 Å². The van der Waals surface area contributed by atoms with E-state index in [4.69, 9.17) is 11.0 Å². The summed E-state index contributed by atoms with van der Waals surface area (Å²) in [4.78, 5) is 1.11. The van der Waals surface area contributed by atoms with Gasteiger partial charge >= 0.3 is 0 Å². The van der Waals surface area contributed by atoms with E-state index in [1.807, 2.05) is 11.4 Å². The van der Waals surface area contributed by atoms with Crippen molar-refractivity contribution in [2.75, 3.05) is 0 Å². The summed E-state index contributed by atoms with van der Waals surface area (Å²) < 4.78 is 0. The lowest BCUT2D eigenvalue weighted by atomic mass is 10.1. The Bertz CT molecular complexity index is 285. The van der Waals surface area contributed by atoms with Crippen molar-refractivity contribution in [2.24, 2.45) is 5.73 Å². The Morgan fingerprint density at radius 2 is 2.50 bits per heavy atom. The molecule has 0 radical (unpaired) electrons. The molecular formula is C9H12N2S. The lowest BCUT2D eigenvalue weighted by Crippen LogP contribution is -2.06. The Kier molecular flexibility index (Phi) is 3.27. The maximum absolute atomic E-state index is 8.45. The minimum absolute atomic E-state index is 0.133. The summed E-state index contributed by atoms with van der Waals surface area (Å²) in [7, 11) is 0. The third-order valence-corrected chi connectivity index (χ3v) is 2.75. The normalized spacial score (nSPS) is 12.4. The van der Waals surface area contributed by atoms with Crippen LogP contribution in [-0.4, -0.2) is 0 Å². The second-order valence-corrected chi connectivity index (χ2v) is 3.69. The number of nitriles is 1. The van der Waals surface area contributed by atoms with Crippen molar-refractivity contribution in [3.8, 4) is 6.07 Å². The van der Waals surface area contributed by atoms with Gasteiger partial charge in [0.05, 0.1) is 12.5 Å². The first kappa shape index (κ1) is 9.24. The molecule has 0 saturated carbocycles. The average Bonchev–Trinajstić information content (AvgIpc) is 2.52. The molecule has 0 aliphatic rings. The summed E-state index contributed by atoms with van der Waals surface area (Å²) in [6.07, 6.45) is 1.45. The van der Waals surface area contributed by atoms with Crippen LogP contribution in [0.25, 0.3) is 0 Å². The summed E-state index contributed by atoms with van der Waals surface area (Å²) >= 11 is 1.62. The van der Waals surface area contributed by atoms with Crippen LogP contribution in [0.4, 0.5) is 0 Å². The fourth-order valence-corrected chi connectivity index (χ4v) is 1.88. The second-order valence-electron chi connectivity index (χ2n) is 2.70. The Labute approximate surface area is 76.6 Å². The molecule has 2 nitrogen and oxygen atoms in total. The van der Waals surface area contributed by atoms with Gasteiger partial charge in [-0.05, 0) is 23.4 Å². The smallest absolute Gasteiger partial charge is 0.0695 e. The maximum Gasteiger partial charge on any atom is 0.0695 e. The molecule has 1 aromatic heterocycles. The van der Waals surface area contributed by atoms with Crippen LogP contribution in [0, 0.1) is 11.3 Å². The van der Waals surface area contributed by atoms with E-state index >= 15 is 0 Å². The Hall–Kier alpha value is -0.850. The highest BCUT2D eigenvalue weighted by molar-refractivity contribution is 7.10. The van der Waals surface area contributed by atoms with Crippen LogP contribution >= 0.6 is 11.3 Å². The van der Waals surface area contributed by atoms with E-state index in [0.717, 1.165) is 16.9 Å². The molecule has 0 unspecified atom stereocenters. The molecule has 0 saturated heterocycles. The van der Waals surface area contributed by atoms with Gasteiger partial charge < -0.3 is 5.73 Å². The number of hydrogen-bond acceptors (Lipinski definition) is 3. The third-order valence-electron chi connectivity index (χ3n) is 1.80. The standard InChI is InChI=1S/C9H12N2S/c1-2-9(11)7-5-8(3-4-10)12-6-7/h5-6,9H,2-3,11H2,1H3/t9-/m1/s1. The zero-order valence-corrected chi connectivity index (χ0v) is 7.90. The number of thiophene rings is 1. The molecule has 0 bridgehead atoms. The fraction of sp³-hybridized carbons (Fsp3) is 0.444. The monoisotopic (exact) mass is 180 g/mol. The van der Waals surface area contributed by atoms with Gasteiger partial charge in [-0.25, -0.2) is 0 Å². The molecule has 12 heavy (non-hydrogen) atoms. The van der Waals surface area contributed by atoms with Crippen LogP contribution in [0.5, 0.6) is 0 Å². The molecular weight excluding hydrogens is 168 g/mol. The van der Waals surface area contributed by atoms with Crippen molar-refractivity contribution < 1.29 is 0 Å². The summed E-state index contributed by atoms with van der Waals surface area (Å²) in [5.41, 5.74) is 6.99. The van der Waals surface area contributed by atoms with Crippen molar-refractivity contribution in [1.29, 1.82) is 5.26 Å². The van der Waals surface area contributed by atoms with E-state index < -0.39 is 0 Å². The van der Waals surface area contributed by atoms with Gasteiger partial charge in [-0.2, -0.15) is 5.26 Å². The van der Waals surface area contributed by atoms with Gasteiger partial charge in [0.15, 0.2) is 0 Å². The zero-order chi connectivity index (χ0) is 8.97. The molecule has 0 amide bonds. The molecule has 1 aromatic rings. The molecule has 1 rings (SSSR count). The summed E-state index contributed by atoms with van der Waals surface area (Å²) in [6.45, 7) is 2.06. The van der Waals surface area contributed by atoms with Crippen molar-refractivity contribution in [3.05, 3.63) is 21.9 Å². The molecule has 0 aliphatic heterocycles. The first-order valence-electron chi connectivity index (χ1n) is 3.97. The SMILES string of the molecule is CC[C@@H](N)c1csc(CC#N)c1. The number of nitrogens with two attached hydrogens (primary N) is 1. The highest BCUT2D eigenvalue weighted by atomic mass is 32.1. The number of nitrogens with zero attached hydrogens (tertiary/aromatic N) is 1. The van der Waals surface area contributed by atoms with Gasteiger partial charge in [0.1, 0.15) is 0 Å². The maximum atomic E-state index is 8.45. The minimum Gasteiger partial charge on any atom is -0.324 e. The highest BCUT2D eigenvalue weighted by Crippen LogP contribution is 2.21. The van der Waals surface area contributed by atoms with E-state index in [9.17, 15) is 0 Å². The second kappa shape index (κ2) is 4.24. The predicted octanol–water partition coefficient (Wildman–Crippen LogP) is 2.22. The van der Waals surface area contributed by atoms with Gasteiger partial charge in [0.25, 0.3) is 0 Å². The van der Waals surface area contributed by atoms with Crippen LogP contribution in [0.2, 0.25) is 0 Å². The molecule has 3 heteroatoms. The van der Waals surface area contributed by atoms with Crippen LogP contribution in [0.1, 0.15) is 29.8 Å². The Morgan fingerprint density at radius 3 is 3.08 bits per heavy atom. The van der Waals surface area contributed by atoms with Crippen molar-refractivity contribution in [3.63, 3.8) is 0 Å². The van der Waals surface area contributed by atoms with Crippen molar-refractivity contribution in [1.82, 2.24) is 0 Å². The van der Waals surface area contributed by atoms with E-state index in [1.165, 1.54) is 0 Å². The lowest BCUT2D eigenvalue weighted by molar-refractivity contribution is 0.701. The fourth-order valence-electron chi connectivity index (χ4n) is 0.998. The van der Waals surface area contributed by atoms with E-state index in [0.29, 0.717) is 6.42 Å². The topological polar surface area (TPSA) is 49.8 Å². The number of rotatable bonds is 3. The van der Waals surface area contributed by atoms with Gasteiger partial charge in [-0.3, -0.25) is 0 Å². The van der Waals surface area contributed by atoms with Gasteiger partial charge in [-0.15, -0.1) is 11.3 Å². The van der Waals surface area contributed by atoms with Crippen LogP contribution in [0.15, 0.2) is 11.4 Å². The molecule has 0 fully saturated rings. The first-order valence-corrected chi connectivity index (χ1v) is 4.85. The zero-order valence-electron chi connectivity index (χ0n) is 7.08. The van der Waals surface area contributed by atoms with Crippen molar-refractivity contribution in [2.45, 2.75) is 25.8 Å². The molecule has 1 atom stereocenters. The van der Waals surface area contributed by atoms with Crippen LogP contribution in [0.3, 0.4) is 0 Å². The van der Waals surface area contributed by atoms with E-state index in [1.54, 1.807) is 11.3 Å². The Morgan fingerprint density at radius 1 is 1.75 bits per heavy atom. The van der Waals surface area contributed by atoms with E-state index in [2.05, 4.69) is 13.0 Å². The molecule has 0 spiro atoms. The molecule has 64 valence electrons. The number of hydrogen-bond donors (Lipinski definition) is 1. The first-order chi connectivity index (χ1) is 5.77. The van der Waals surface area contributed by atoms with E-state index in [-0.39, 0.29) is 6.04 Å². The molecule has 2 N–H and O–H groups in total. The Balaban J connectivity index is 2.71. The minimum atomic E-state index is 0.133. The predicted molar refractivity (Wildman–Crippen MR) is 50.9 cm³/mol. The van der Waals surface area contributed by atoms with Gasteiger partial charge in [0.2, 0.25) is 0 Å². The average molecular weight is 180 g/mol. The molecule has 1 heterocycles. The van der Waals surface area contributed by atoms with Gasteiger partial charge in [0, 0.05) is 10.9 Å². The molecule has 0 aromatic carbocycles. The molecule has 0 aliphatic carbocycles. The van der Waals surface area contributed by atoms with Crippen LogP contribution in [-0.2, 0) is 6.42 Å². The van der Waals surface area contributed by atoms with Crippen LogP contribution < -0.4 is 5.73 Å². The third kappa shape index (κ3) is 2.07. The summed E-state index contributed by atoms with van der Waals surface area (Å²) in [5.74, 6) is 0. The highest BCUT2D eigenvalue weighted by Gasteiger charge is 2.05. The quantitative estimate of drug-likeness (QED) is 0.775. The largest absolute Gasteiger partial charge is 0.324 e. The summed E-state index contributed by atoms with van der Waals surface area (Å²) in [6, 6.07) is 4.29. The summed E-state index contributed by atoms with van der Waals surface area (Å²) in [5, 5.41) is 10.5. The van der Waals surface area contributed by atoms with Gasteiger partial charge in [-0.1, -0.05) is 6.92 Å². The lowest BCUT2D eigenvalue weighted by Gasteiger charge is -2.03.